The van der Waals surface area contributed by atoms with Crippen LogP contribution in [0.3, 0.4) is 0 Å². The van der Waals surface area contributed by atoms with Crippen LogP contribution in [0.5, 0.6) is 11.5 Å². The van der Waals surface area contributed by atoms with Gasteiger partial charge < -0.3 is 14.5 Å². The van der Waals surface area contributed by atoms with E-state index in [1.54, 1.807) is 24.5 Å². The molecule has 0 saturated carbocycles. The standard InChI is InChI=1S/C24H25N3O3S/c1-3-4-11-30-18-10-9-15(13-19(18)29-2)12-16(14-25)22-26-23(28)21-17-7-5-6-8-20(17)31-24(21)27-22/h9-10,12-13H,3-8,11H2,1-2H3,(H,26,27,28)/b16-12+. The van der Waals surface area contributed by atoms with Gasteiger partial charge in [-0.05, 0) is 61.4 Å². The van der Waals surface area contributed by atoms with Crippen molar-refractivity contribution in [3.63, 3.8) is 0 Å². The van der Waals surface area contributed by atoms with E-state index in [4.69, 9.17) is 9.47 Å². The van der Waals surface area contributed by atoms with E-state index in [1.807, 2.05) is 18.2 Å². The van der Waals surface area contributed by atoms with Gasteiger partial charge in [0.05, 0.1) is 24.7 Å². The number of nitrogens with one attached hydrogen (secondary N) is 1. The van der Waals surface area contributed by atoms with E-state index in [0.29, 0.717) is 39.7 Å². The quantitative estimate of drug-likeness (QED) is 0.411. The van der Waals surface area contributed by atoms with Gasteiger partial charge in [0.25, 0.3) is 5.56 Å². The van der Waals surface area contributed by atoms with Crippen LogP contribution in [-0.4, -0.2) is 23.7 Å². The van der Waals surface area contributed by atoms with Crippen LogP contribution in [0.2, 0.25) is 0 Å². The molecule has 2 aromatic heterocycles. The molecular weight excluding hydrogens is 410 g/mol. The Hall–Kier alpha value is -3.11. The zero-order chi connectivity index (χ0) is 21.8. The van der Waals surface area contributed by atoms with Gasteiger partial charge in [0.1, 0.15) is 10.9 Å². The molecule has 160 valence electrons. The van der Waals surface area contributed by atoms with Gasteiger partial charge in [0.2, 0.25) is 0 Å². The number of hydrogen-bond acceptors (Lipinski definition) is 6. The molecule has 0 spiro atoms. The lowest BCUT2D eigenvalue weighted by atomic mass is 9.97. The fourth-order valence-corrected chi connectivity index (χ4v) is 5.09. The number of ether oxygens (including phenoxy) is 2. The summed E-state index contributed by atoms with van der Waals surface area (Å²) in [7, 11) is 1.59. The molecule has 0 amide bonds. The zero-order valence-corrected chi connectivity index (χ0v) is 18.6. The second-order valence-electron chi connectivity index (χ2n) is 7.59. The first-order valence-electron chi connectivity index (χ1n) is 10.6. The lowest BCUT2D eigenvalue weighted by Crippen LogP contribution is -2.12. The maximum absolute atomic E-state index is 12.8. The average molecular weight is 436 g/mol. The van der Waals surface area contributed by atoms with Crippen molar-refractivity contribution in [2.24, 2.45) is 0 Å². The molecule has 0 radical (unpaired) electrons. The maximum atomic E-state index is 12.8. The van der Waals surface area contributed by atoms with E-state index in [0.717, 1.165) is 49.7 Å². The Morgan fingerprint density at radius 2 is 2.16 bits per heavy atom. The SMILES string of the molecule is CCCCOc1ccc(/C=C(\C#N)c2nc3sc4c(c3c(=O)[nH]2)CCCC4)cc1OC. The van der Waals surface area contributed by atoms with Gasteiger partial charge in [0, 0.05) is 4.88 Å². The van der Waals surface area contributed by atoms with Crippen molar-refractivity contribution >= 4 is 33.2 Å². The second-order valence-corrected chi connectivity index (χ2v) is 8.67. The highest BCUT2D eigenvalue weighted by molar-refractivity contribution is 7.18. The number of hydrogen-bond donors (Lipinski definition) is 1. The van der Waals surface area contributed by atoms with E-state index >= 15 is 0 Å². The van der Waals surface area contributed by atoms with Gasteiger partial charge in [-0.15, -0.1) is 11.3 Å². The molecule has 1 aliphatic carbocycles. The predicted octanol–water partition coefficient (Wildman–Crippen LogP) is 5.12. The fraction of sp³-hybridized carbons (Fsp3) is 0.375. The number of benzene rings is 1. The smallest absolute Gasteiger partial charge is 0.260 e. The number of aromatic amines is 1. The summed E-state index contributed by atoms with van der Waals surface area (Å²) < 4.78 is 11.2. The highest BCUT2D eigenvalue weighted by Crippen LogP contribution is 2.34. The number of thiophene rings is 1. The summed E-state index contributed by atoms with van der Waals surface area (Å²) in [5, 5.41) is 10.4. The van der Waals surface area contributed by atoms with Gasteiger partial charge in [-0.25, -0.2) is 4.98 Å². The van der Waals surface area contributed by atoms with Gasteiger partial charge in [0.15, 0.2) is 17.3 Å². The summed E-state index contributed by atoms with van der Waals surface area (Å²) in [6.07, 6.45) is 7.90. The summed E-state index contributed by atoms with van der Waals surface area (Å²) in [5.74, 6) is 1.56. The molecule has 4 rings (SSSR count). The van der Waals surface area contributed by atoms with Crippen molar-refractivity contribution in [3.8, 4) is 17.6 Å². The van der Waals surface area contributed by atoms with E-state index in [1.165, 1.54) is 4.88 Å². The third-order valence-electron chi connectivity index (χ3n) is 5.45. The largest absolute Gasteiger partial charge is 0.493 e. The monoisotopic (exact) mass is 435 g/mol. The van der Waals surface area contributed by atoms with Crippen LogP contribution in [0, 0.1) is 11.3 Å². The number of nitrogens with zero attached hydrogens (tertiary/aromatic N) is 2. The van der Waals surface area contributed by atoms with Crippen molar-refractivity contribution in [2.75, 3.05) is 13.7 Å². The maximum Gasteiger partial charge on any atom is 0.260 e. The lowest BCUT2D eigenvalue weighted by Gasteiger charge is -2.11. The Labute approximate surface area is 185 Å². The predicted molar refractivity (Wildman–Crippen MR) is 124 cm³/mol. The first-order valence-corrected chi connectivity index (χ1v) is 11.4. The number of fused-ring (bicyclic) bond motifs is 3. The van der Waals surface area contributed by atoms with Gasteiger partial charge >= 0.3 is 0 Å². The normalized spacial score (nSPS) is 13.6. The zero-order valence-electron chi connectivity index (χ0n) is 17.8. The Morgan fingerprint density at radius 1 is 1.32 bits per heavy atom. The number of H-pyrrole nitrogens is 1. The minimum Gasteiger partial charge on any atom is -0.493 e. The summed E-state index contributed by atoms with van der Waals surface area (Å²) in [6.45, 7) is 2.74. The van der Waals surface area contributed by atoms with Crippen LogP contribution < -0.4 is 15.0 Å². The van der Waals surface area contributed by atoms with Crippen LogP contribution in [-0.2, 0) is 12.8 Å². The number of allylic oxidation sites excluding steroid dienone is 1. The van der Waals surface area contributed by atoms with Crippen molar-refractivity contribution < 1.29 is 9.47 Å². The highest BCUT2D eigenvalue weighted by atomic mass is 32.1. The fourth-order valence-electron chi connectivity index (χ4n) is 3.83. The number of unbranched alkanes of at least 4 members (excludes halogenated alkanes) is 1. The second kappa shape index (κ2) is 9.36. The van der Waals surface area contributed by atoms with Gasteiger partial charge in [-0.2, -0.15) is 5.26 Å². The first-order chi connectivity index (χ1) is 15.1. The molecule has 3 aromatic rings. The van der Waals surface area contributed by atoms with Crippen LogP contribution >= 0.6 is 11.3 Å². The number of aromatic nitrogens is 2. The topological polar surface area (TPSA) is 88.0 Å². The first kappa shape index (κ1) is 21.1. The molecule has 31 heavy (non-hydrogen) atoms. The lowest BCUT2D eigenvalue weighted by molar-refractivity contribution is 0.288. The molecule has 0 bridgehead atoms. The van der Waals surface area contributed by atoms with E-state index in [2.05, 4.69) is 23.0 Å². The van der Waals surface area contributed by atoms with Crippen LogP contribution in [0.4, 0.5) is 0 Å². The molecule has 0 unspecified atom stereocenters. The van der Waals surface area contributed by atoms with Gasteiger partial charge in [-0.1, -0.05) is 19.4 Å². The Bertz CT molecular complexity index is 1230. The summed E-state index contributed by atoms with van der Waals surface area (Å²) >= 11 is 1.58. The Kier molecular flexibility index (Phi) is 6.38. The summed E-state index contributed by atoms with van der Waals surface area (Å²) in [5.41, 5.74) is 2.03. The number of rotatable bonds is 7. The van der Waals surface area contributed by atoms with E-state index in [9.17, 15) is 10.1 Å². The van der Waals surface area contributed by atoms with Crippen molar-refractivity contribution in [1.29, 1.82) is 5.26 Å². The van der Waals surface area contributed by atoms with Crippen molar-refractivity contribution in [1.82, 2.24) is 9.97 Å². The third-order valence-corrected chi connectivity index (χ3v) is 6.64. The minimum absolute atomic E-state index is 0.169. The molecule has 0 aliphatic heterocycles. The van der Waals surface area contributed by atoms with E-state index < -0.39 is 0 Å². The third kappa shape index (κ3) is 4.35. The number of methoxy groups -OCH3 is 1. The number of nitriles is 1. The van der Waals surface area contributed by atoms with Crippen molar-refractivity contribution in [2.45, 2.75) is 45.4 Å². The Morgan fingerprint density at radius 3 is 2.94 bits per heavy atom. The van der Waals surface area contributed by atoms with Gasteiger partial charge in [-0.3, -0.25) is 4.79 Å². The molecule has 2 heterocycles. The summed E-state index contributed by atoms with van der Waals surface area (Å²) in [4.78, 5) is 22.2. The van der Waals surface area contributed by atoms with E-state index in [-0.39, 0.29) is 5.56 Å². The summed E-state index contributed by atoms with van der Waals surface area (Å²) in [6, 6.07) is 7.69. The average Bonchev–Trinajstić information content (AvgIpc) is 3.17. The number of aryl methyl sites for hydroxylation is 2. The molecule has 1 N–H and O–H groups in total. The molecule has 6 nitrogen and oxygen atoms in total. The minimum atomic E-state index is -0.169. The van der Waals surface area contributed by atoms with Crippen LogP contribution in [0.1, 0.15) is 54.4 Å². The molecule has 0 atom stereocenters. The molecule has 7 heteroatoms. The molecule has 1 aromatic carbocycles. The van der Waals surface area contributed by atoms with Crippen molar-refractivity contribution in [3.05, 3.63) is 50.4 Å². The molecule has 0 fully saturated rings. The highest BCUT2D eigenvalue weighted by Gasteiger charge is 2.20. The molecule has 0 saturated heterocycles. The van der Waals surface area contributed by atoms with Crippen LogP contribution in [0.25, 0.3) is 21.9 Å². The molecule has 1 aliphatic rings. The molecular formula is C24H25N3O3S. The Balaban J connectivity index is 1.69. The van der Waals surface area contributed by atoms with Crippen LogP contribution in [0.15, 0.2) is 23.0 Å².